The largest absolute Gasteiger partial charge is 0.416 e. The van der Waals surface area contributed by atoms with Crippen molar-refractivity contribution in [1.29, 1.82) is 0 Å². The van der Waals surface area contributed by atoms with Gasteiger partial charge in [-0.15, -0.1) is 0 Å². The fraction of sp³-hybridized carbons (Fsp3) is 0.200. The Morgan fingerprint density at radius 2 is 1.81 bits per heavy atom. The highest BCUT2D eigenvalue weighted by atomic mass is 35.5. The highest BCUT2D eigenvalue weighted by Gasteiger charge is 2.32. The number of hydrogen-bond donors (Lipinski definition) is 0. The summed E-state index contributed by atoms with van der Waals surface area (Å²) in [6, 6.07) is 2.27. The Hall–Kier alpha value is -1.36. The molecule has 0 atom stereocenters. The summed E-state index contributed by atoms with van der Waals surface area (Å²) in [5.41, 5.74) is -1.44. The predicted octanol–water partition coefficient (Wildman–Crippen LogP) is 3.13. The van der Waals surface area contributed by atoms with E-state index in [1.165, 1.54) is 0 Å². The molecule has 0 saturated heterocycles. The molecule has 0 radical (unpaired) electrons. The van der Waals surface area contributed by atoms with E-state index >= 15 is 0 Å². The standard InChI is InChI=1S/C10H6ClF3O2/c1-5(15)9(16)7-4-6(10(12,13)14)2-3-8(7)11/h2-4H,1H3. The molecule has 0 heterocycles. The Morgan fingerprint density at radius 1 is 1.25 bits per heavy atom. The minimum atomic E-state index is -4.57. The van der Waals surface area contributed by atoms with Crippen molar-refractivity contribution in [3.8, 4) is 0 Å². The maximum Gasteiger partial charge on any atom is 0.416 e. The number of hydrogen-bond acceptors (Lipinski definition) is 2. The number of ketones is 2. The van der Waals surface area contributed by atoms with Crippen LogP contribution in [0.4, 0.5) is 13.2 Å². The fourth-order valence-corrected chi connectivity index (χ4v) is 1.27. The molecule has 0 amide bonds. The molecule has 86 valence electrons. The summed E-state index contributed by atoms with van der Waals surface area (Å²) < 4.78 is 37.0. The van der Waals surface area contributed by atoms with Crippen molar-refractivity contribution >= 4 is 23.2 Å². The molecule has 0 aliphatic rings. The molecule has 0 bridgehead atoms. The molecule has 0 unspecified atom stereocenters. The van der Waals surface area contributed by atoms with Crippen molar-refractivity contribution in [3.05, 3.63) is 34.3 Å². The second-order valence-electron chi connectivity index (χ2n) is 3.08. The van der Waals surface area contributed by atoms with Crippen LogP contribution >= 0.6 is 11.6 Å². The van der Waals surface area contributed by atoms with Gasteiger partial charge in [0.25, 0.3) is 0 Å². The second kappa shape index (κ2) is 4.25. The van der Waals surface area contributed by atoms with Crippen LogP contribution in [0.5, 0.6) is 0 Å². The molecule has 6 heteroatoms. The number of Topliss-reactive ketones (excluding diaryl/α,β-unsaturated/α-hetero) is 2. The van der Waals surface area contributed by atoms with Gasteiger partial charge >= 0.3 is 6.18 Å². The summed E-state index contributed by atoms with van der Waals surface area (Å²) in [7, 11) is 0. The van der Waals surface area contributed by atoms with Crippen molar-refractivity contribution < 1.29 is 22.8 Å². The summed E-state index contributed by atoms with van der Waals surface area (Å²) in [6.07, 6.45) is -4.57. The lowest BCUT2D eigenvalue weighted by Crippen LogP contribution is -2.13. The SMILES string of the molecule is CC(=O)C(=O)c1cc(C(F)(F)F)ccc1Cl. The Bertz CT molecular complexity index is 452. The van der Waals surface area contributed by atoms with Crippen molar-refractivity contribution in [2.24, 2.45) is 0 Å². The van der Waals surface area contributed by atoms with E-state index in [-0.39, 0.29) is 5.02 Å². The first-order valence-corrected chi connectivity index (χ1v) is 4.53. The van der Waals surface area contributed by atoms with Crippen LogP contribution in [0.2, 0.25) is 5.02 Å². The molecule has 0 saturated carbocycles. The lowest BCUT2D eigenvalue weighted by molar-refractivity contribution is -0.137. The Morgan fingerprint density at radius 3 is 2.25 bits per heavy atom. The van der Waals surface area contributed by atoms with Crippen LogP contribution in [0, 0.1) is 0 Å². The lowest BCUT2D eigenvalue weighted by atomic mass is 10.0. The number of rotatable bonds is 2. The van der Waals surface area contributed by atoms with E-state index < -0.39 is 28.9 Å². The van der Waals surface area contributed by atoms with E-state index in [1.807, 2.05) is 0 Å². The van der Waals surface area contributed by atoms with Gasteiger partial charge < -0.3 is 0 Å². The van der Waals surface area contributed by atoms with Crippen molar-refractivity contribution in [2.45, 2.75) is 13.1 Å². The maximum atomic E-state index is 12.3. The molecule has 16 heavy (non-hydrogen) atoms. The van der Waals surface area contributed by atoms with Crippen molar-refractivity contribution in [1.82, 2.24) is 0 Å². The summed E-state index contributed by atoms with van der Waals surface area (Å²) in [6.45, 7) is 0.971. The second-order valence-corrected chi connectivity index (χ2v) is 3.48. The van der Waals surface area contributed by atoms with Gasteiger partial charge in [-0.1, -0.05) is 11.6 Å². The van der Waals surface area contributed by atoms with Gasteiger partial charge in [-0.05, 0) is 18.2 Å². The molecule has 0 spiro atoms. The van der Waals surface area contributed by atoms with Crippen LogP contribution in [0.3, 0.4) is 0 Å². The summed E-state index contributed by atoms with van der Waals surface area (Å²) in [4.78, 5) is 22.0. The zero-order chi connectivity index (χ0) is 12.5. The van der Waals surface area contributed by atoms with Crippen LogP contribution in [-0.2, 0) is 11.0 Å². The number of carbonyl (C=O) groups is 2. The Kier molecular flexibility index (Phi) is 3.38. The third-order valence-corrected chi connectivity index (χ3v) is 2.19. The first kappa shape index (κ1) is 12.7. The van der Waals surface area contributed by atoms with Crippen molar-refractivity contribution in [3.63, 3.8) is 0 Å². The lowest BCUT2D eigenvalue weighted by Gasteiger charge is -2.08. The van der Waals surface area contributed by atoms with Crippen LogP contribution in [0.25, 0.3) is 0 Å². The van der Waals surface area contributed by atoms with Crippen molar-refractivity contribution in [2.75, 3.05) is 0 Å². The number of halogens is 4. The molecule has 2 nitrogen and oxygen atoms in total. The van der Waals surface area contributed by atoms with Gasteiger partial charge in [-0.2, -0.15) is 13.2 Å². The van der Waals surface area contributed by atoms with E-state index in [0.717, 1.165) is 19.1 Å². The molecular weight excluding hydrogens is 245 g/mol. The highest BCUT2D eigenvalue weighted by Crippen LogP contribution is 2.31. The quantitative estimate of drug-likeness (QED) is 0.597. The van der Waals surface area contributed by atoms with Crippen LogP contribution in [-0.4, -0.2) is 11.6 Å². The first-order valence-electron chi connectivity index (χ1n) is 4.15. The van der Waals surface area contributed by atoms with Gasteiger partial charge in [0.05, 0.1) is 10.6 Å². The third-order valence-electron chi connectivity index (χ3n) is 1.86. The van der Waals surface area contributed by atoms with Gasteiger partial charge in [0.1, 0.15) is 0 Å². The molecule has 0 aliphatic heterocycles. The smallest absolute Gasteiger partial charge is 0.291 e. The number of carbonyl (C=O) groups excluding carboxylic acids is 2. The minimum Gasteiger partial charge on any atom is -0.291 e. The molecular formula is C10H6ClF3O2. The van der Waals surface area contributed by atoms with E-state index in [9.17, 15) is 22.8 Å². The Labute approximate surface area is 94.0 Å². The summed E-state index contributed by atoms with van der Waals surface area (Å²) in [5.74, 6) is -1.89. The number of benzene rings is 1. The average molecular weight is 251 g/mol. The maximum absolute atomic E-state index is 12.3. The Balaban J connectivity index is 3.30. The summed E-state index contributed by atoms with van der Waals surface area (Å²) >= 11 is 5.54. The molecule has 1 aromatic rings. The van der Waals surface area contributed by atoms with Crippen LogP contribution in [0.15, 0.2) is 18.2 Å². The topological polar surface area (TPSA) is 34.1 Å². The summed E-state index contributed by atoms with van der Waals surface area (Å²) in [5, 5.41) is -0.173. The van der Waals surface area contributed by atoms with Crippen LogP contribution < -0.4 is 0 Å². The number of alkyl halides is 3. The molecule has 1 rings (SSSR count). The van der Waals surface area contributed by atoms with Crippen LogP contribution in [0.1, 0.15) is 22.8 Å². The molecule has 0 fully saturated rings. The first-order chi connectivity index (χ1) is 7.23. The average Bonchev–Trinajstić information content (AvgIpc) is 2.15. The van der Waals surface area contributed by atoms with Gasteiger partial charge in [-0.25, -0.2) is 0 Å². The van der Waals surface area contributed by atoms with E-state index in [0.29, 0.717) is 6.07 Å². The zero-order valence-corrected chi connectivity index (χ0v) is 8.82. The fourth-order valence-electron chi connectivity index (χ4n) is 1.07. The van der Waals surface area contributed by atoms with E-state index in [1.54, 1.807) is 0 Å². The van der Waals surface area contributed by atoms with Gasteiger partial charge in [0, 0.05) is 12.5 Å². The van der Waals surface area contributed by atoms with Gasteiger partial charge in [-0.3, -0.25) is 9.59 Å². The molecule has 0 N–H and O–H groups in total. The third kappa shape index (κ3) is 2.61. The minimum absolute atomic E-state index is 0.173. The van der Waals surface area contributed by atoms with Gasteiger partial charge in [0.2, 0.25) is 5.78 Å². The zero-order valence-electron chi connectivity index (χ0n) is 8.06. The molecule has 0 aromatic heterocycles. The highest BCUT2D eigenvalue weighted by molar-refractivity contribution is 6.47. The van der Waals surface area contributed by atoms with Gasteiger partial charge in [0.15, 0.2) is 5.78 Å². The molecule has 1 aromatic carbocycles. The van der Waals surface area contributed by atoms with E-state index in [2.05, 4.69) is 0 Å². The molecule has 0 aliphatic carbocycles. The van der Waals surface area contributed by atoms with E-state index in [4.69, 9.17) is 11.6 Å². The monoisotopic (exact) mass is 250 g/mol. The normalized spacial score (nSPS) is 11.3. The predicted molar refractivity (Wildman–Crippen MR) is 51.5 cm³/mol.